The summed E-state index contributed by atoms with van der Waals surface area (Å²) in [6.07, 6.45) is 3.23. The molecule has 0 saturated heterocycles. The molecule has 0 bridgehead atoms. The lowest BCUT2D eigenvalue weighted by atomic mass is 10.1. The molecular weight excluding hydrogens is 190 g/mol. The van der Waals surface area contributed by atoms with Crippen LogP contribution in [0.5, 0.6) is 0 Å². The van der Waals surface area contributed by atoms with Crippen LogP contribution in [0.2, 0.25) is 0 Å². The van der Waals surface area contributed by atoms with Crippen molar-refractivity contribution >= 4 is 5.97 Å². The van der Waals surface area contributed by atoms with Gasteiger partial charge in [0.05, 0.1) is 0 Å². The van der Waals surface area contributed by atoms with Gasteiger partial charge < -0.3 is 4.74 Å². The molecule has 0 fully saturated rings. The lowest BCUT2D eigenvalue weighted by molar-refractivity contribution is -0.145. The molecule has 0 radical (unpaired) electrons. The first-order chi connectivity index (χ1) is 6.97. The zero-order valence-corrected chi connectivity index (χ0v) is 10.3. The first-order valence-electron chi connectivity index (χ1n) is 5.59. The second-order valence-electron chi connectivity index (χ2n) is 4.04. The number of carbonyl (C=O) groups excluding carboxylic acids is 1. The maximum Gasteiger partial charge on any atom is 0.334 e. The van der Waals surface area contributed by atoms with Gasteiger partial charge >= 0.3 is 5.97 Å². The first-order valence-corrected chi connectivity index (χ1v) is 5.59. The molecule has 0 aromatic carbocycles. The summed E-state index contributed by atoms with van der Waals surface area (Å²) in [4.78, 5) is 11.2. The lowest BCUT2D eigenvalue weighted by Gasteiger charge is -2.20. The molecule has 2 unspecified atom stereocenters. The fourth-order valence-corrected chi connectivity index (χ4v) is 1.29. The van der Waals surface area contributed by atoms with Gasteiger partial charge in [-0.25, -0.2) is 4.79 Å². The van der Waals surface area contributed by atoms with Crippen LogP contribution in [0, 0.1) is 0 Å². The summed E-state index contributed by atoms with van der Waals surface area (Å²) in [5, 5.41) is 3.22. The van der Waals surface area contributed by atoms with E-state index in [4.69, 9.17) is 4.74 Å². The summed E-state index contributed by atoms with van der Waals surface area (Å²) in [5.74, 6) is -0.335. The Labute approximate surface area is 92.9 Å². The number of unbranched alkanes of at least 4 members (excludes halogenated alkanes) is 1. The molecule has 0 aliphatic rings. The fourth-order valence-electron chi connectivity index (χ4n) is 1.29. The van der Waals surface area contributed by atoms with Crippen molar-refractivity contribution in [3.8, 4) is 0 Å². The Balaban J connectivity index is 3.77. The van der Waals surface area contributed by atoms with E-state index in [1.54, 1.807) is 6.92 Å². The average Bonchev–Trinajstić information content (AvgIpc) is 2.14. The number of rotatable bonds is 7. The Morgan fingerprint density at radius 2 is 2.07 bits per heavy atom. The van der Waals surface area contributed by atoms with Crippen LogP contribution < -0.4 is 5.32 Å². The summed E-state index contributed by atoms with van der Waals surface area (Å²) in [7, 11) is 0. The zero-order chi connectivity index (χ0) is 11.8. The van der Waals surface area contributed by atoms with E-state index in [9.17, 15) is 4.79 Å². The molecule has 0 aliphatic carbocycles. The molecule has 3 nitrogen and oxygen atoms in total. The Morgan fingerprint density at radius 3 is 2.53 bits per heavy atom. The Morgan fingerprint density at radius 1 is 1.47 bits per heavy atom. The molecule has 0 heterocycles. The number of ether oxygens (including phenoxy) is 1. The van der Waals surface area contributed by atoms with Gasteiger partial charge in [0.15, 0.2) is 6.23 Å². The van der Waals surface area contributed by atoms with E-state index >= 15 is 0 Å². The first kappa shape index (κ1) is 14.2. The predicted octanol–water partition coefficient (Wildman–Crippen LogP) is 2.62. The van der Waals surface area contributed by atoms with Crippen LogP contribution in [-0.2, 0) is 9.53 Å². The van der Waals surface area contributed by atoms with E-state index in [1.165, 1.54) is 12.8 Å². The van der Waals surface area contributed by atoms with Gasteiger partial charge in [0.1, 0.15) is 0 Å². The predicted molar refractivity (Wildman–Crippen MR) is 62.5 cm³/mol. The summed E-state index contributed by atoms with van der Waals surface area (Å²) >= 11 is 0. The van der Waals surface area contributed by atoms with Crippen LogP contribution in [0.4, 0.5) is 0 Å². The third kappa shape index (κ3) is 7.14. The quantitative estimate of drug-likeness (QED) is 0.401. The van der Waals surface area contributed by atoms with Gasteiger partial charge in [0, 0.05) is 11.6 Å². The molecule has 15 heavy (non-hydrogen) atoms. The van der Waals surface area contributed by atoms with E-state index in [1.807, 2.05) is 6.92 Å². The SMILES string of the molecule is C=C(C)C(=O)OC(C)NC(C)CCCC. The van der Waals surface area contributed by atoms with Gasteiger partial charge in [-0.1, -0.05) is 26.3 Å². The van der Waals surface area contributed by atoms with Crippen LogP contribution in [0.15, 0.2) is 12.2 Å². The number of hydrogen-bond donors (Lipinski definition) is 1. The van der Waals surface area contributed by atoms with Gasteiger partial charge in [-0.2, -0.15) is 0 Å². The van der Waals surface area contributed by atoms with Gasteiger partial charge in [-0.05, 0) is 27.2 Å². The number of nitrogens with one attached hydrogen (secondary N) is 1. The second-order valence-corrected chi connectivity index (χ2v) is 4.04. The average molecular weight is 213 g/mol. The minimum absolute atomic E-state index is 0.249. The van der Waals surface area contributed by atoms with Crippen LogP contribution >= 0.6 is 0 Å². The fraction of sp³-hybridized carbons (Fsp3) is 0.750. The zero-order valence-electron chi connectivity index (χ0n) is 10.3. The molecule has 3 heteroatoms. The van der Waals surface area contributed by atoms with Crippen LogP contribution in [-0.4, -0.2) is 18.2 Å². The Bertz CT molecular complexity index is 214. The molecule has 0 aliphatic heterocycles. The van der Waals surface area contributed by atoms with Gasteiger partial charge in [0.25, 0.3) is 0 Å². The molecule has 0 saturated carbocycles. The number of carbonyl (C=O) groups is 1. The largest absolute Gasteiger partial charge is 0.444 e. The van der Waals surface area contributed by atoms with Gasteiger partial charge in [0.2, 0.25) is 0 Å². The van der Waals surface area contributed by atoms with E-state index < -0.39 is 0 Å². The smallest absolute Gasteiger partial charge is 0.334 e. The summed E-state index contributed by atoms with van der Waals surface area (Å²) in [5.41, 5.74) is 0.435. The third-order valence-electron chi connectivity index (χ3n) is 2.14. The summed E-state index contributed by atoms with van der Waals surface area (Å²) < 4.78 is 5.11. The topological polar surface area (TPSA) is 38.3 Å². The van der Waals surface area contributed by atoms with Crippen molar-refractivity contribution in [2.24, 2.45) is 0 Å². The van der Waals surface area contributed by atoms with Crippen LogP contribution in [0.25, 0.3) is 0 Å². The molecule has 0 amide bonds. The molecule has 0 rings (SSSR count). The molecule has 1 N–H and O–H groups in total. The lowest BCUT2D eigenvalue weighted by Crippen LogP contribution is -2.37. The summed E-state index contributed by atoms with van der Waals surface area (Å²) in [6, 6.07) is 0.373. The van der Waals surface area contributed by atoms with Crippen molar-refractivity contribution in [2.45, 2.75) is 59.2 Å². The molecule has 0 aromatic rings. The van der Waals surface area contributed by atoms with Crippen molar-refractivity contribution in [1.82, 2.24) is 5.32 Å². The number of esters is 1. The van der Waals surface area contributed by atoms with E-state index in [0.29, 0.717) is 11.6 Å². The van der Waals surface area contributed by atoms with Crippen molar-refractivity contribution in [3.05, 3.63) is 12.2 Å². The normalized spacial score (nSPS) is 14.4. The van der Waals surface area contributed by atoms with Crippen molar-refractivity contribution in [3.63, 3.8) is 0 Å². The molecular formula is C12H23NO2. The second kappa shape index (κ2) is 7.46. The Kier molecular flexibility index (Phi) is 7.05. The standard InChI is InChI=1S/C12H23NO2/c1-6-7-8-10(4)13-11(5)15-12(14)9(2)3/h10-11,13H,2,6-8H2,1,3-5H3. The van der Waals surface area contributed by atoms with Crippen LogP contribution in [0.1, 0.15) is 47.0 Å². The van der Waals surface area contributed by atoms with Crippen molar-refractivity contribution in [1.29, 1.82) is 0 Å². The Hall–Kier alpha value is -0.830. The molecule has 0 aromatic heterocycles. The highest BCUT2D eigenvalue weighted by Crippen LogP contribution is 2.02. The molecule has 0 spiro atoms. The van der Waals surface area contributed by atoms with Crippen LogP contribution in [0.3, 0.4) is 0 Å². The highest BCUT2D eigenvalue weighted by Gasteiger charge is 2.11. The van der Waals surface area contributed by atoms with Crippen molar-refractivity contribution in [2.75, 3.05) is 0 Å². The minimum Gasteiger partial charge on any atom is -0.444 e. The summed E-state index contributed by atoms with van der Waals surface area (Å²) in [6.45, 7) is 11.3. The van der Waals surface area contributed by atoms with Gasteiger partial charge in [-0.15, -0.1) is 0 Å². The van der Waals surface area contributed by atoms with E-state index in [-0.39, 0.29) is 12.2 Å². The maximum absolute atomic E-state index is 11.2. The van der Waals surface area contributed by atoms with Crippen molar-refractivity contribution < 1.29 is 9.53 Å². The third-order valence-corrected chi connectivity index (χ3v) is 2.14. The molecule has 88 valence electrons. The minimum atomic E-state index is -0.335. The maximum atomic E-state index is 11.2. The van der Waals surface area contributed by atoms with Gasteiger partial charge in [-0.3, -0.25) is 5.32 Å². The highest BCUT2D eigenvalue weighted by molar-refractivity contribution is 5.87. The van der Waals surface area contributed by atoms with E-state index in [0.717, 1.165) is 6.42 Å². The highest BCUT2D eigenvalue weighted by atomic mass is 16.6. The number of hydrogen-bond acceptors (Lipinski definition) is 3. The monoisotopic (exact) mass is 213 g/mol. The van der Waals surface area contributed by atoms with E-state index in [2.05, 4.69) is 25.7 Å². The molecule has 2 atom stereocenters.